The monoisotopic (exact) mass is 1360 g/mol. The largest absolute Gasteiger partial charge is 0.394 e. The first-order chi connectivity index (χ1) is 44.8. The summed E-state index contributed by atoms with van der Waals surface area (Å²) in [5.41, 5.74) is -1.51. The molecule has 0 aromatic heterocycles. The molecular weight excluding hydrogens is 1250 g/mol. The van der Waals surface area contributed by atoms with Crippen molar-refractivity contribution in [1.82, 2.24) is 42.5 Å². The van der Waals surface area contributed by atoms with Crippen LogP contribution in [0.1, 0.15) is 112 Å². The lowest BCUT2D eigenvalue weighted by molar-refractivity contribution is -0.270. The van der Waals surface area contributed by atoms with E-state index in [1.54, 1.807) is 0 Å². The molecule has 544 valence electrons. The molecule has 15 atom stereocenters. The Bertz CT molecular complexity index is 2150. The predicted molar refractivity (Wildman–Crippen MR) is 326 cm³/mol. The number of carbonyl (C=O) groups is 8. The van der Waals surface area contributed by atoms with Gasteiger partial charge in [-0.05, 0) is 58.8 Å². The lowest BCUT2D eigenvalue weighted by Gasteiger charge is -2.42. The molecule has 35 nitrogen and oxygen atoms in total. The van der Waals surface area contributed by atoms with Crippen LogP contribution in [0.5, 0.6) is 0 Å². The highest BCUT2D eigenvalue weighted by molar-refractivity contribution is 5.80. The molecule has 8 amide bonds. The summed E-state index contributed by atoms with van der Waals surface area (Å²) in [4.78, 5) is 101. The summed E-state index contributed by atoms with van der Waals surface area (Å²) in [6.07, 6.45) is -14.0. The highest BCUT2D eigenvalue weighted by Gasteiger charge is 2.48. The summed E-state index contributed by atoms with van der Waals surface area (Å²) in [7, 11) is 0. The molecule has 94 heavy (non-hydrogen) atoms. The number of hydrogen-bond acceptors (Lipinski definition) is 27. The van der Waals surface area contributed by atoms with Gasteiger partial charge in [-0.2, -0.15) is 0 Å². The van der Waals surface area contributed by atoms with E-state index in [0.29, 0.717) is 45.3 Å². The van der Waals surface area contributed by atoms with Gasteiger partial charge in [0.05, 0.1) is 72.2 Å². The summed E-state index contributed by atoms with van der Waals surface area (Å²) in [5.74, 6) is -3.58. The third kappa shape index (κ3) is 31.9. The van der Waals surface area contributed by atoms with Crippen LogP contribution in [0.3, 0.4) is 0 Å². The molecule has 0 saturated carbocycles. The number of rotatable bonds is 48. The standard InChI is InChI=1S/C59H106N8O27/c1-35(2)88-24-11-20-62-42(74)13-10-14-46(78)67-59(34-87-28-17-45(77)63-21-12-25-91-58-49(66-38(5)73)55(84)52(81)41(31-70)94-58,32-85-26-15-43(75)60-18-6-8-22-89-56-47(64-36(3)71)53(82)50(79)39(29-68)92-56)33-86-27-16-44(76)61-19-7-9-23-90-57-48(65-37(4)72)54(83)51(80)40(30-69)93-57/h35,39-41,47-58,68-70,79-84H,6-34H2,1-5H3,(H,60,75)(H,61,76)(H,62,74)(H,63,77)(H,64,71)(H,65,72)(H,66,73)(H,67,78)/t39?,40?,41?,47?,48?,49?,50-,51-,52-,53+,54+,55?,56+,57+,58+,59?/m0/s1. The first-order valence-corrected chi connectivity index (χ1v) is 32.1. The smallest absolute Gasteiger partial charge is 0.222 e. The zero-order valence-electron chi connectivity index (χ0n) is 54.6. The SMILES string of the molecule is CC(=O)NC1C(O)[C@@H](O)C(CO)O[C@H]1OCCCNC(=O)CCOCC(COCCC(=O)NCCCCO[C@@H]1OC(CO)[C@H](O)[C@H](O)C1NC(C)=O)(COCCC(=O)NCCCCO[C@@H]1OC(CO)[C@H](O)[C@H](O)C1NC(C)=O)NC(=O)CCCC(=O)NCCCOC(C)C. The van der Waals surface area contributed by atoms with Gasteiger partial charge < -0.3 is 136 Å². The molecule has 3 rings (SSSR count). The zero-order chi connectivity index (χ0) is 69.6. The molecular formula is C59H106N8O27. The number of amides is 8. The van der Waals surface area contributed by atoms with Crippen LogP contribution >= 0.6 is 0 Å². The van der Waals surface area contributed by atoms with Crippen molar-refractivity contribution < 1.29 is 132 Å². The number of hydrogen-bond donors (Lipinski definition) is 17. The van der Waals surface area contributed by atoms with E-state index in [1.807, 2.05) is 13.8 Å². The number of ether oxygens (including phenoxy) is 10. The van der Waals surface area contributed by atoms with Crippen molar-refractivity contribution in [3.63, 3.8) is 0 Å². The van der Waals surface area contributed by atoms with E-state index in [-0.39, 0.29) is 136 Å². The number of carbonyl (C=O) groups excluding carboxylic acids is 8. The quantitative estimate of drug-likeness (QED) is 0.0252. The van der Waals surface area contributed by atoms with Crippen molar-refractivity contribution in [1.29, 1.82) is 0 Å². The summed E-state index contributed by atoms with van der Waals surface area (Å²) in [5, 5.41) is 113. The van der Waals surface area contributed by atoms with Gasteiger partial charge in [-0.1, -0.05) is 0 Å². The Hall–Kier alpha value is -5.00. The Kier molecular flexibility index (Phi) is 41.0. The van der Waals surface area contributed by atoms with E-state index >= 15 is 0 Å². The second-order valence-corrected chi connectivity index (χ2v) is 23.4. The van der Waals surface area contributed by atoms with Crippen molar-refractivity contribution in [3.8, 4) is 0 Å². The van der Waals surface area contributed by atoms with Gasteiger partial charge in [0.1, 0.15) is 78.6 Å². The minimum atomic E-state index is -1.51. The van der Waals surface area contributed by atoms with E-state index in [1.165, 1.54) is 20.8 Å². The molecule has 0 spiro atoms. The molecule has 3 fully saturated rings. The summed E-state index contributed by atoms with van der Waals surface area (Å²) < 4.78 is 57.5. The van der Waals surface area contributed by atoms with Gasteiger partial charge in [0.15, 0.2) is 18.9 Å². The average Bonchev–Trinajstić information content (AvgIpc) is 0.835. The van der Waals surface area contributed by atoms with Gasteiger partial charge in [0, 0.05) is 98.9 Å². The van der Waals surface area contributed by atoms with E-state index in [0.717, 1.165) is 0 Å². The zero-order valence-corrected chi connectivity index (χ0v) is 54.6. The summed E-state index contributed by atoms with van der Waals surface area (Å²) in [6, 6.07) is -3.38. The van der Waals surface area contributed by atoms with Gasteiger partial charge in [0.2, 0.25) is 47.3 Å². The maximum Gasteiger partial charge on any atom is 0.222 e. The molecule has 3 aliphatic rings. The van der Waals surface area contributed by atoms with Crippen molar-refractivity contribution in [2.45, 2.75) is 215 Å². The third-order valence-electron chi connectivity index (χ3n) is 14.9. The molecule has 7 unspecified atom stereocenters. The van der Waals surface area contributed by atoms with E-state index in [4.69, 9.17) is 47.4 Å². The molecule has 3 heterocycles. The number of aliphatic hydroxyl groups is 9. The first kappa shape index (κ1) is 83.2. The van der Waals surface area contributed by atoms with Crippen LogP contribution in [0, 0.1) is 0 Å². The average molecular weight is 1360 g/mol. The minimum Gasteiger partial charge on any atom is -0.394 e. The number of unbranched alkanes of at least 4 members (excludes halogenated alkanes) is 2. The van der Waals surface area contributed by atoms with Gasteiger partial charge in [-0.3, -0.25) is 38.4 Å². The van der Waals surface area contributed by atoms with E-state index in [9.17, 15) is 84.3 Å². The molecule has 0 radical (unpaired) electrons. The normalized spacial score (nSPS) is 26.7. The maximum atomic E-state index is 13.8. The second kappa shape index (κ2) is 46.3. The molecule has 17 N–H and O–H groups in total. The predicted octanol–water partition coefficient (Wildman–Crippen LogP) is -6.66. The Morgan fingerprint density at radius 2 is 0.702 bits per heavy atom. The molecule has 3 aliphatic heterocycles. The molecule has 0 aromatic carbocycles. The molecule has 0 aromatic rings. The fourth-order valence-corrected chi connectivity index (χ4v) is 9.92. The number of nitrogens with one attached hydrogen (secondary N) is 8. The highest BCUT2D eigenvalue weighted by Crippen LogP contribution is 2.25. The van der Waals surface area contributed by atoms with Crippen LogP contribution in [-0.4, -0.2) is 309 Å². The molecule has 0 aliphatic carbocycles. The fourth-order valence-electron chi connectivity index (χ4n) is 9.92. The van der Waals surface area contributed by atoms with E-state index < -0.39 is 159 Å². The van der Waals surface area contributed by atoms with Crippen LogP contribution in [0.15, 0.2) is 0 Å². The van der Waals surface area contributed by atoms with Crippen molar-refractivity contribution in [2.24, 2.45) is 0 Å². The Labute approximate surface area is 547 Å². The Balaban J connectivity index is 1.65. The first-order valence-electron chi connectivity index (χ1n) is 32.1. The lowest BCUT2D eigenvalue weighted by atomic mass is 9.97. The van der Waals surface area contributed by atoms with Gasteiger partial charge in [0.25, 0.3) is 0 Å². The van der Waals surface area contributed by atoms with Gasteiger partial charge in [-0.25, -0.2) is 0 Å². The lowest BCUT2D eigenvalue weighted by Crippen LogP contribution is -2.64. The van der Waals surface area contributed by atoms with Crippen molar-refractivity contribution in [2.75, 3.05) is 112 Å². The highest BCUT2D eigenvalue weighted by atomic mass is 16.7. The van der Waals surface area contributed by atoms with Crippen LogP contribution < -0.4 is 42.5 Å². The fraction of sp³-hybridized carbons (Fsp3) is 0.864. The van der Waals surface area contributed by atoms with Gasteiger partial charge >= 0.3 is 0 Å². The van der Waals surface area contributed by atoms with Crippen LogP contribution in [0.4, 0.5) is 0 Å². The van der Waals surface area contributed by atoms with Crippen LogP contribution in [0.25, 0.3) is 0 Å². The van der Waals surface area contributed by atoms with Gasteiger partial charge in [-0.15, -0.1) is 0 Å². The third-order valence-corrected chi connectivity index (χ3v) is 14.9. The van der Waals surface area contributed by atoms with E-state index in [2.05, 4.69) is 42.5 Å². The Morgan fingerprint density at radius 3 is 1.03 bits per heavy atom. The summed E-state index contributed by atoms with van der Waals surface area (Å²) >= 11 is 0. The summed E-state index contributed by atoms with van der Waals surface area (Å²) in [6.45, 7) is 5.57. The molecule has 0 bridgehead atoms. The second-order valence-electron chi connectivity index (χ2n) is 23.4. The Morgan fingerprint density at radius 1 is 0.394 bits per heavy atom. The number of aliphatic hydroxyl groups excluding tert-OH is 9. The minimum absolute atomic E-state index is 0.0201. The van der Waals surface area contributed by atoms with Crippen molar-refractivity contribution >= 4 is 47.3 Å². The topological polar surface area (TPSA) is 507 Å². The maximum absolute atomic E-state index is 13.8. The van der Waals surface area contributed by atoms with Crippen LogP contribution in [0.2, 0.25) is 0 Å². The van der Waals surface area contributed by atoms with Crippen LogP contribution in [-0.2, 0) is 85.7 Å². The molecule has 35 heteroatoms. The molecule has 3 saturated heterocycles. The van der Waals surface area contributed by atoms with Crippen molar-refractivity contribution in [3.05, 3.63) is 0 Å².